The zero-order valence-corrected chi connectivity index (χ0v) is 6.23. The van der Waals surface area contributed by atoms with Crippen molar-refractivity contribution in [1.82, 2.24) is 4.90 Å². The summed E-state index contributed by atoms with van der Waals surface area (Å²) in [7, 11) is 2.01. The minimum absolute atomic E-state index is 0.449. The highest BCUT2D eigenvalue weighted by atomic mass is 32.2. The van der Waals surface area contributed by atoms with E-state index in [0.29, 0.717) is 11.7 Å². The summed E-state index contributed by atoms with van der Waals surface area (Å²) in [6.45, 7) is 1.96. The third kappa shape index (κ3) is 2.04. The van der Waals surface area contributed by atoms with E-state index < -0.39 is 11.1 Å². The number of rotatable bonds is 2. The number of nitrogens with zero attached hydrogens (tertiary/aromatic N) is 1. The summed E-state index contributed by atoms with van der Waals surface area (Å²) >= 11 is -1.59. The third-order valence-electron chi connectivity index (χ3n) is 1.52. The van der Waals surface area contributed by atoms with Crippen LogP contribution >= 0.6 is 0 Å². The molecule has 4 heteroatoms. The summed E-state index contributed by atoms with van der Waals surface area (Å²) in [6, 6.07) is 0. The Morgan fingerprint density at radius 3 is 2.67 bits per heavy atom. The quantitative estimate of drug-likeness (QED) is 0.551. The molecule has 9 heavy (non-hydrogen) atoms. The van der Waals surface area contributed by atoms with Gasteiger partial charge in [-0.15, -0.1) is 0 Å². The Kier molecular flexibility index (Phi) is 2.21. The van der Waals surface area contributed by atoms with Crippen LogP contribution in [0.2, 0.25) is 0 Å². The molecule has 1 aliphatic rings. The van der Waals surface area contributed by atoms with Gasteiger partial charge >= 0.3 is 0 Å². The zero-order chi connectivity index (χ0) is 6.85. The van der Waals surface area contributed by atoms with Crippen LogP contribution in [0.3, 0.4) is 0 Å². The molecule has 1 aliphatic heterocycles. The van der Waals surface area contributed by atoms with Crippen LogP contribution in [0.1, 0.15) is 0 Å². The molecule has 54 valence electrons. The summed E-state index contributed by atoms with van der Waals surface area (Å²) in [5, 5.41) is 0. The molecule has 0 spiro atoms. The summed E-state index contributed by atoms with van der Waals surface area (Å²) in [5.41, 5.74) is 0. The average molecular weight is 149 g/mol. The lowest BCUT2D eigenvalue weighted by molar-refractivity contribution is 0.151. The largest absolute Gasteiger partial charge is 0.306 e. The Labute approximate surface area is 57.3 Å². The number of hydrogen-bond acceptors (Lipinski definition) is 2. The monoisotopic (exact) mass is 149 g/mol. The van der Waals surface area contributed by atoms with Crippen LogP contribution in [0.4, 0.5) is 0 Å². The van der Waals surface area contributed by atoms with Crippen molar-refractivity contribution in [2.24, 2.45) is 5.92 Å². The van der Waals surface area contributed by atoms with Gasteiger partial charge in [-0.3, -0.25) is 0 Å². The molecule has 1 unspecified atom stereocenters. The minimum Gasteiger partial charge on any atom is -0.306 e. The van der Waals surface area contributed by atoms with Crippen molar-refractivity contribution in [3.8, 4) is 0 Å². The molecule has 1 rings (SSSR count). The molecule has 0 radical (unpaired) electrons. The predicted octanol–water partition coefficient (Wildman–Crippen LogP) is -0.230. The Balaban J connectivity index is 2.11. The lowest BCUT2D eigenvalue weighted by Crippen LogP contribution is -2.46. The highest BCUT2D eigenvalue weighted by molar-refractivity contribution is 7.79. The Hall–Kier alpha value is 0.0700. The number of hydrogen-bond donors (Lipinski definition) is 1. The molecule has 0 aliphatic carbocycles. The molecular weight excluding hydrogens is 138 g/mol. The van der Waals surface area contributed by atoms with E-state index in [0.717, 1.165) is 13.1 Å². The van der Waals surface area contributed by atoms with E-state index in [9.17, 15) is 4.21 Å². The second-order valence-corrected chi connectivity index (χ2v) is 3.55. The first-order chi connectivity index (χ1) is 4.18. The lowest BCUT2D eigenvalue weighted by atomic mass is 10.0. The Morgan fingerprint density at radius 1 is 1.78 bits per heavy atom. The lowest BCUT2D eigenvalue weighted by Gasteiger charge is -2.35. The maximum atomic E-state index is 10.2. The SMILES string of the molecule is CN1CC(CS(=O)O)C1. The van der Waals surface area contributed by atoms with Gasteiger partial charge in [0.15, 0.2) is 11.1 Å². The van der Waals surface area contributed by atoms with E-state index in [4.69, 9.17) is 4.55 Å². The van der Waals surface area contributed by atoms with E-state index in [-0.39, 0.29) is 0 Å². The molecule has 1 heterocycles. The standard InChI is InChI=1S/C5H11NO2S/c1-6-2-5(3-6)4-9(7)8/h5H,2-4H2,1H3,(H,7,8). The van der Waals surface area contributed by atoms with Crippen LogP contribution in [-0.2, 0) is 11.1 Å². The van der Waals surface area contributed by atoms with Gasteiger partial charge in [0, 0.05) is 13.1 Å². The zero-order valence-electron chi connectivity index (χ0n) is 5.41. The van der Waals surface area contributed by atoms with Crippen molar-refractivity contribution in [2.45, 2.75) is 0 Å². The summed E-state index contributed by atoms with van der Waals surface area (Å²) in [5.74, 6) is 0.908. The van der Waals surface area contributed by atoms with Crippen LogP contribution < -0.4 is 0 Å². The molecule has 0 aromatic carbocycles. The fourth-order valence-electron chi connectivity index (χ4n) is 1.14. The highest BCUT2D eigenvalue weighted by Gasteiger charge is 2.24. The molecule has 0 aromatic heterocycles. The minimum atomic E-state index is -1.59. The predicted molar refractivity (Wildman–Crippen MR) is 36.6 cm³/mol. The average Bonchev–Trinajstić information content (AvgIpc) is 1.60. The van der Waals surface area contributed by atoms with Crippen molar-refractivity contribution >= 4 is 11.1 Å². The molecule has 1 fully saturated rings. The van der Waals surface area contributed by atoms with E-state index in [2.05, 4.69) is 4.90 Å². The van der Waals surface area contributed by atoms with Crippen molar-refractivity contribution < 1.29 is 8.76 Å². The molecular formula is C5H11NO2S. The van der Waals surface area contributed by atoms with E-state index in [1.807, 2.05) is 7.05 Å². The van der Waals surface area contributed by atoms with Gasteiger partial charge < -0.3 is 9.45 Å². The van der Waals surface area contributed by atoms with Gasteiger partial charge in [0.25, 0.3) is 0 Å². The van der Waals surface area contributed by atoms with Gasteiger partial charge in [-0.2, -0.15) is 0 Å². The molecule has 1 atom stereocenters. The fourth-order valence-corrected chi connectivity index (χ4v) is 1.75. The molecule has 1 N–H and O–H groups in total. The topological polar surface area (TPSA) is 40.5 Å². The molecule has 0 aromatic rings. The van der Waals surface area contributed by atoms with Crippen molar-refractivity contribution in [2.75, 3.05) is 25.9 Å². The summed E-state index contributed by atoms with van der Waals surface area (Å²) < 4.78 is 18.6. The molecule has 0 saturated carbocycles. The van der Waals surface area contributed by atoms with Crippen LogP contribution in [0.5, 0.6) is 0 Å². The first-order valence-corrected chi connectivity index (χ1v) is 4.22. The first kappa shape index (κ1) is 7.18. The third-order valence-corrected chi connectivity index (χ3v) is 2.27. The van der Waals surface area contributed by atoms with Gasteiger partial charge in [0.2, 0.25) is 0 Å². The second-order valence-electron chi connectivity index (χ2n) is 2.58. The van der Waals surface area contributed by atoms with E-state index >= 15 is 0 Å². The van der Waals surface area contributed by atoms with Gasteiger partial charge in [-0.05, 0) is 13.0 Å². The van der Waals surface area contributed by atoms with Crippen LogP contribution in [0.25, 0.3) is 0 Å². The molecule has 0 amide bonds. The Morgan fingerprint density at radius 2 is 2.33 bits per heavy atom. The van der Waals surface area contributed by atoms with Crippen LogP contribution in [0, 0.1) is 5.92 Å². The fraction of sp³-hybridized carbons (Fsp3) is 1.00. The smallest absolute Gasteiger partial charge is 0.153 e. The Bertz CT molecular complexity index is 122. The van der Waals surface area contributed by atoms with Crippen LogP contribution in [-0.4, -0.2) is 39.6 Å². The van der Waals surface area contributed by atoms with Gasteiger partial charge in [0.05, 0.1) is 5.75 Å². The van der Waals surface area contributed by atoms with Crippen molar-refractivity contribution in [3.05, 3.63) is 0 Å². The van der Waals surface area contributed by atoms with E-state index in [1.54, 1.807) is 0 Å². The molecule has 1 saturated heterocycles. The molecule has 0 bridgehead atoms. The normalized spacial score (nSPS) is 25.6. The maximum Gasteiger partial charge on any atom is 0.153 e. The maximum absolute atomic E-state index is 10.2. The van der Waals surface area contributed by atoms with Crippen molar-refractivity contribution in [1.29, 1.82) is 0 Å². The second kappa shape index (κ2) is 2.77. The van der Waals surface area contributed by atoms with Gasteiger partial charge in [-0.1, -0.05) is 0 Å². The van der Waals surface area contributed by atoms with Crippen LogP contribution in [0.15, 0.2) is 0 Å². The molecule has 3 nitrogen and oxygen atoms in total. The van der Waals surface area contributed by atoms with Crippen molar-refractivity contribution in [3.63, 3.8) is 0 Å². The number of likely N-dealkylation sites (tertiary alicyclic amines) is 1. The van der Waals surface area contributed by atoms with E-state index in [1.165, 1.54) is 0 Å². The summed E-state index contributed by atoms with van der Waals surface area (Å²) in [6.07, 6.45) is 0. The van der Waals surface area contributed by atoms with Gasteiger partial charge in [-0.25, -0.2) is 4.21 Å². The first-order valence-electron chi connectivity index (χ1n) is 2.94. The van der Waals surface area contributed by atoms with Gasteiger partial charge in [0.1, 0.15) is 0 Å². The summed E-state index contributed by atoms with van der Waals surface area (Å²) in [4.78, 5) is 2.14. The highest BCUT2D eigenvalue weighted by Crippen LogP contribution is 2.12.